The fourth-order valence-corrected chi connectivity index (χ4v) is 1.52. The highest BCUT2D eigenvalue weighted by atomic mass is 16.4. The van der Waals surface area contributed by atoms with Gasteiger partial charge < -0.3 is 15.3 Å². The molecule has 0 spiro atoms. The number of hydrogen-bond acceptors (Lipinski definition) is 3. The van der Waals surface area contributed by atoms with E-state index in [1.54, 1.807) is 0 Å². The lowest BCUT2D eigenvalue weighted by Gasteiger charge is -2.25. The van der Waals surface area contributed by atoms with E-state index in [4.69, 9.17) is 10.2 Å². The van der Waals surface area contributed by atoms with Crippen molar-refractivity contribution >= 4 is 0 Å². The number of hydrogen-bond donors (Lipinski definition) is 3. The molecule has 0 aromatic heterocycles. The van der Waals surface area contributed by atoms with Crippen LogP contribution >= 0.6 is 0 Å². The zero-order valence-corrected chi connectivity index (χ0v) is 7.06. The van der Waals surface area contributed by atoms with Gasteiger partial charge in [-0.15, -0.1) is 0 Å². The van der Waals surface area contributed by atoms with Gasteiger partial charge in [0.05, 0.1) is 12.7 Å². The average Bonchev–Trinajstić information content (AvgIpc) is 2.17. The van der Waals surface area contributed by atoms with Gasteiger partial charge in [0, 0.05) is 5.92 Å². The zero-order chi connectivity index (χ0) is 8.97. The zero-order valence-electron chi connectivity index (χ0n) is 7.06. The molecule has 0 aromatic rings. The molecule has 1 rings (SSSR count). The maximum atomic E-state index is 9.48. The number of aliphatic hydroxyl groups excluding tert-OH is 3. The Balaban J connectivity index is 2.44. The molecule has 3 nitrogen and oxygen atoms in total. The molecule has 0 heterocycles. The predicted octanol–water partition coefficient (Wildman–Crippen LogP) is 0.0568. The van der Waals surface area contributed by atoms with Crippen LogP contribution in [0.5, 0.6) is 0 Å². The van der Waals surface area contributed by atoms with Gasteiger partial charge in [-0.1, -0.05) is 12.2 Å². The molecule has 70 valence electrons. The lowest BCUT2D eigenvalue weighted by atomic mass is 9.88. The Bertz CT molecular complexity index is 156. The summed E-state index contributed by atoms with van der Waals surface area (Å²) in [4.78, 5) is 0. The van der Waals surface area contributed by atoms with Crippen LogP contribution in [0.15, 0.2) is 12.2 Å². The smallest absolute Gasteiger partial charge is 0.103 e. The monoisotopic (exact) mass is 172 g/mol. The van der Waals surface area contributed by atoms with E-state index in [0.29, 0.717) is 0 Å². The maximum absolute atomic E-state index is 9.48. The van der Waals surface area contributed by atoms with E-state index in [-0.39, 0.29) is 12.5 Å². The van der Waals surface area contributed by atoms with Crippen molar-refractivity contribution in [2.24, 2.45) is 5.92 Å². The number of allylic oxidation sites excluding steroid dienone is 1. The second-order valence-electron chi connectivity index (χ2n) is 3.26. The van der Waals surface area contributed by atoms with E-state index in [1.807, 2.05) is 12.2 Å². The first-order valence-corrected chi connectivity index (χ1v) is 4.39. The first-order chi connectivity index (χ1) is 5.75. The predicted molar refractivity (Wildman–Crippen MR) is 45.6 cm³/mol. The summed E-state index contributed by atoms with van der Waals surface area (Å²) in [7, 11) is 0. The first-order valence-electron chi connectivity index (χ1n) is 4.39. The number of aliphatic hydroxyl groups is 3. The van der Waals surface area contributed by atoms with Crippen molar-refractivity contribution in [2.45, 2.75) is 31.5 Å². The Kier molecular flexibility index (Phi) is 3.72. The Morgan fingerprint density at radius 3 is 2.67 bits per heavy atom. The van der Waals surface area contributed by atoms with Crippen molar-refractivity contribution in [3.05, 3.63) is 12.2 Å². The summed E-state index contributed by atoms with van der Waals surface area (Å²) in [5.41, 5.74) is 0. The lowest BCUT2D eigenvalue weighted by Crippen LogP contribution is -2.35. The van der Waals surface area contributed by atoms with E-state index in [2.05, 4.69) is 0 Å². The summed E-state index contributed by atoms with van der Waals surface area (Å²) >= 11 is 0. The molecule has 3 N–H and O–H groups in total. The van der Waals surface area contributed by atoms with Gasteiger partial charge in [0.25, 0.3) is 0 Å². The highest BCUT2D eigenvalue weighted by Crippen LogP contribution is 2.21. The van der Waals surface area contributed by atoms with Crippen LogP contribution in [0.25, 0.3) is 0 Å². The van der Waals surface area contributed by atoms with Crippen molar-refractivity contribution in [3.63, 3.8) is 0 Å². The normalized spacial score (nSPS) is 28.4. The summed E-state index contributed by atoms with van der Waals surface area (Å²) in [6, 6.07) is 0. The van der Waals surface area contributed by atoms with Crippen LogP contribution < -0.4 is 0 Å². The van der Waals surface area contributed by atoms with Crippen molar-refractivity contribution in [2.75, 3.05) is 6.61 Å². The molecule has 3 atom stereocenters. The van der Waals surface area contributed by atoms with Gasteiger partial charge in [0.2, 0.25) is 0 Å². The molecule has 0 amide bonds. The van der Waals surface area contributed by atoms with Crippen molar-refractivity contribution < 1.29 is 15.3 Å². The summed E-state index contributed by atoms with van der Waals surface area (Å²) in [5.74, 6) is 0.0147. The molecule has 0 saturated heterocycles. The molecule has 1 aliphatic carbocycles. The largest absolute Gasteiger partial charge is 0.394 e. The van der Waals surface area contributed by atoms with E-state index in [1.165, 1.54) is 0 Å². The van der Waals surface area contributed by atoms with E-state index in [0.717, 1.165) is 19.3 Å². The van der Waals surface area contributed by atoms with Gasteiger partial charge >= 0.3 is 0 Å². The van der Waals surface area contributed by atoms with Crippen LogP contribution in [-0.4, -0.2) is 34.1 Å². The molecule has 1 aliphatic rings. The molecule has 3 unspecified atom stereocenters. The Morgan fingerprint density at radius 2 is 2.17 bits per heavy atom. The third kappa shape index (κ3) is 2.30. The highest BCUT2D eigenvalue weighted by Gasteiger charge is 2.24. The maximum Gasteiger partial charge on any atom is 0.103 e. The fraction of sp³-hybridized carbons (Fsp3) is 0.778. The van der Waals surface area contributed by atoms with Crippen molar-refractivity contribution in [1.29, 1.82) is 0 Å². The third-order valence-corrected chi connectivity index (χ3v) is 2.31. The summed E-state index contributed by atoms with van der Waals surface area (Å²) < 4.78 is 0. The topological polar surface area (TPSA) is 60.7 Å². The Hall–Kier alpha value is -0.380. The van der Waals surface area contributed by atoms with E-state index < -0.39 is 12.2 Å². The third-order valence-electron chi connectivity index (χ3n) is 2.31. The van der Waals surface area contributed by atoms with Gasteiger partial charge in [-0.05, 0) is 19.3 Å². The van der Waals surface area contributed by atoms with Crippen LogP contribution in [0.1, 0.15) is 19.3 Å². The van der Waals surface area contributed by atoms with Gasteiger partial charge in [0.15, 0.2) is 0 Å². The van der Waals surface area contributed by atoms with E-state index >= 15 is 0 Å². The van der Waals surface area contributed by atoms with Gasteiger partial charge in [-0.25, -0.2) is 0 Å². The molecule has 0 saturated carbocycles. The second-order valence-corrected chi connectivity index (χ2v) is 3.26. The minimum absolute atomic E-state index is 0.0147. The molecule has 12 heavy (non-hydrogen) atoms. The van der Waals surface area contributed by atoms with Crippen LogP contribution in [0, 0.1) is 5.92 Å². The summed E-state index contributed by atoms with van der Waals surface area (Å²) in [6.45, 7) is -0.370. The lowest BCUT2D eigenvalue weighted by molar-refractivity contribution is -0.0358. The minimum Gasteiger partial charge on any atom is -0.394 e. The average molecular weight is 172 g/mol. The number of rotatable bonds is 3. The van der Waals surface area contributed by atoms with Crippen molar-refractivity contribution in [1.82, 2.24) is 0 Å². The van der Waals surface area contributed by atoms with E-state index in [9.17, 15) is 5.11 Å². The Morgan fingerprint density at radius 1 is 1.42 bits per heavy atom. The molecule has 0 radical (unpaired) electrons. The Labute approximate surface area is 72.3 Å². The standard InChI is InChI=1S/C9H16O3/c10-6-8(11)9(12)7-4-2-1-3-5-7/h2,4,7-12H,1,3,5-6H2. The van der Waals surface area contributed by atoms with Gasteiger partial charge in [-0.2, -0.15) is 0 Å². The quantitative estimate of drug-likeness (QED) is 0.527. The second kappa shape index (κ2) is 4.60. The van der Waals surface area contributed by atoms with Crippen LogP contribution in [0.2, 0.25) is 0 Å². The molecular weight excluding hydrogens is 156 g/mol. The SMILES string of the molecule is OCC(O)C(O)C1C=CCCC1. The van der Waals surface area contributed by atoms with Crippen LogP contribution in [-0.2, 0) is 0 Å². The minimum atomic E-state index is -1.00. The molecule has 0 aliphatic heterocycles. The first kappa shape index (κ1) is 9.71. The molecule has 0 bridgehead atoms. The summed E-state index contributed by atoms with van der Waals surface area (Å²) in [6.07, 6.45) is 5.13. The summed E-state index contributed by atoms with van der Waals surface area (Å²) in [5, 5.41) is 27.2. The molecule has 0 aromatic carbocycles. The molecule has 3 heteroatoms. The molecule has 0 fully saturated rings. The van der Waals surface area contributed by atoms with Crippen LogP contribution in [0.3, 0.4) is 0 Å². The van der Waals surface area contributed by atoms with Gasteiger partial charge in [-0.3, -0.25) is 0 Å². The van der Waals surface area contributed by atoms with Crippen molar-refractivity contribution in [3.8, 4) is 0 Å². The van der Waals surface area contributed by atoms with Gasteiger partial charge in [0.1, 0.15) is 6.10 Å². The fourth-order valence-electron chi connectivity index (χ4n) is 1.52. The van der Waals surface area contributed by atoms with Crippen LogP contribution in [0.4, 0.5) is 0 Å². The molecular formula is C9H16O3. The highest BCUT2D eigenvalue weighted by molar-refractivity contribution is 4.97.